The number of hydrogen-bond donors (Lipinski definition) is 2. The molecule has 0 spiro atoms. The number of nitrogen functional groups attached to an aromatic ring is 1. The topological polar surface area (TPSA) is 81.4 Å². The Hall–Kier alpha value is -1.18. The number of hydrogen-bond acceptors (Lipinski definition) is 4. The molecule has 1 aliphatic rings. The van der Waals surface area contributed by atoms with Gasteiger partial charge in [-0.2, -0.15) is 0 Å². The quantitative estimate of drug-likeness (QED) is 0.799. The molecule has 19 heavy (non-hydrogen) atoms. The Kier molecular flexibility index (Phi) is 3.80. The van der Waals surface area contributed by atoms with E-state index in [-0.39, 0.29) is 12.2 Å². The number of ether oxygens (including phenoxy) is 1. The van der Waals surface area contributed by atoms with Crippen LogP contribution in [0.25, 0.3) is 0 Å². The van der Waals surface area contributed by atoms with E-state index in [0.29, 0.717) is 0 Å². The summed E-state index contributed by atoms with van der Waals surface area (Å²) in [6.07, 6.45) is 2.58. The summed E-state index contributed by atoms with van der Waals surface area (Å²) in [5.41, 5.74) is 4.97. The zero-order valence-corrected chi connectivity index (χ0v) is 11.5. The number of sulfonamides is 1. The molecular formula is C12H17FN2O3S. The average Bonchev–Trinajstić information content (AvgIpc) is 2.27. The zero-order chi connectivity index (χ0) is 14.1. The van der Waals surface area contributed by atoms with Crippen molar-refractivity contribution in [3.05, 3.63) is 24.0 Å². The third-order valence-electron chi connectivity index (χ3n) is 3.55. The highest BCUT2D eigenvalue weighted by molar-refractivity contribution is 7.89. The van der Waals surface area contributed by atoms with Crippen LogP contribution in [0, 0.1) is 5.82 Å². The molecule has 3 N–H and O–H groups in total. The Morgan fingerprint density at radius 2 is 2.16 bits per heavy atom. The molecule has 1 saturated carbocycles. The van der Waals surface area contributed by atoms with Gasteiger partial charge in [-0.25, -0.2) is 17.5 Å². The fourth-order valence-corrected chi connectivity index (χ4v) is 3.43. The van der Waals surface area contributed by atoms with Crippen LogP contribution in [0.15, 0.2) is 23.1 Å². The van der Waals surface area contributed by atoms with Gasteiger partial charge in [-0.3, -0.25) is 0 Å². The van der Waals surface area contributed by atoms with Gasteiger partial charge in [0, 0.05) is 13.7 Å². The summed E-state index contributed by atoms with van der Waals surface area (Å²) < 4.78 is 45.5. The molecule has 0 aromatic heterocycles. The standard InChI is InChI=1S/C12H17FN2O3S/c1-18-12(6-3-7-12)8-15-19(16,17)11-9(13)4-2-5-10(11)14/h2,4-5,15H,3,6-8,14H2,1H3. The summed E-state index contributed by atoms with van der Waals surface area (Å²) in [6, 6.07) is 3.79. The Labute approximate surface area is 112 Å². The second-order valence-electron chi connectivity index (χ2n) is 4.72. The number of anilines is 1. The van der Waals surface area contributed by atoms with E-state index < -0.39 is 26.3 Å². The van der Waals surface area contributed by atoms with Crippen LogP contribution in [0.3, 0.4) is 0 Å². The molecule has 0 saturated heterocycles. The molecule has 1 aliphatic carbocycles. The minimum Gasteiger partial charge on any atom is -0.398 e. The molecule has 0 bridgehead atoms. The average molecular weight is 288 g/mol. The van der Waals surface area contributed by atoms with Crippen molar-refractivity contribution in [3.63, 3.8) is 0 Å². The van der Waals surface area contributed by atoms with Crippen molar-refractivity contribution in [2.45, 2.75) is 29.8 Å². The van der Waals surface area contributed by atoms with Gasteiger partial charge in [-0.15, -0.1) is 0 Å². The molecule has 0 amide bonds. The lowest BCUT2D eigenvalue weighted by molar-refractivity contribution is -0.0659. The molecular weight excluding hydrogens is 271 g/mol. The first kappa shape index (κ1) is 14.2. The van der Waals surface area contributed by atoms with Gasteiger partial charge >= 0.3 is 0 Å². The van der Waals surface area contributed by atoms with Crippen LogP contribution in [-0.2, 0) is 14.8 Å². The van der Waals surface area contributed by atoms with Crippen molar-refractivity contribution in [2.24, 2.45) is 0 Å². The third kappa shape index (κ3) is 2.72. The van der Waals surface area contributed by atoms with Crippen LogP contribution >= 0.6 is 0 Å². The molecule has 0 atom stereocenters. The Morgan fingerprint density at radius 1 is 1.47 bits per heavy atom. The molecule has 106 valence electrons. The SMILES string of the molecule is COC1(CNS(=O)(=O)c2c(N)cccc2F)CCC1. The number of benzene rings is 1. The van der Waals surface area contributed by atoms with E-state index in [2.05, 4.69) is 4.72 Å². The molecule has 0 aliphatic heterocycles. The van der Waals surface area contributed by atoms with E-state index in [9.17, 15) is 12.8 Å². The molecule has 5 nitrogen and oxygen atoms in total. The van der Waals surface area contributed by atoms with Crippen LogP contribution in [0.5, 0.6) is 0 Å². The normalized spacial score (nSPS) is 18.0. The summed E-state index contributed by atoms with van der Waals surface area (Å²) in [4.78, 5) is -0.499. The van der Waals surface area contributed by atoms with Crippen LogP contribution in [0.4, 0.5) is 10.1 Å². The fraction of sp³-hybridized carbons (Fsp3) is 0.500. The number of nitrogens with two attached hydrogens (primary N) is 1. The zero-order valence-electron chi connectivity index (χ0n) is 10.6. The highest BCUT2D eigenvalue weighted by Crippen LogP contribution is 2.34. The Balaban J connectivity index is 2.19. The molecule has 0 heterocycles. The van der Waals surface area contributed by atoms with Gasteiger partial charge in [-0.05, 0) is 31.4 Å². The first-order chi connectivity index (χ1) is 8.90. The fourth-order valence-electron chi connectivity index (χ4n) is 2.13. The number of rotatable bonds is 5. The van der Waals surface area contributed by atoms with Gasteiger partial charge in [0.05, 0.1) is 11.3 Å². The Bertz CT molecular complexity index is 545. The summed E-state index contributed by atoms with van der Waals surface area (Å²) in [5.74, 6) is -0.854. The summed E-state index contributed by atoms with van der Waals surface area (Å²) in [5, 5.41) is 0. The van der Waals surface area contributed by atoms with Crippen LogP contribution in [0.1, 0.15) is 19.3 Å². The summed E-state index contributed by atoms with van der Waals surface area (Å²) in [7, 11) is -2.42. The predicted octanol–water partition coefficient (Wildman–Crippen LogP) is 1.26. The lowest BCUT2D eigenvalue weighted by Crippen LogP contribution is -2.49. The molecule has 0 radical (unpaired) electrons. The molecule has 1 fully saturated rings. The maximum absolute atomic E-state index is 13.6. The van der Waals surface area contributed by atoms with E-state index in [1.54, 1.807) is 7.11 Å². The second kappa shape index (κ2) is 5.07. The molecule has 1 aromatic rings. The van der Waals surface area contributed by atoms with Gasteiger partial charge in [0.15, 0.2) is 0 Å². The summed E-state index contributed by atoms with van der Waals surface area (Å²) >= 11 is 0. The van der Waals surface area contributed by atoms with Gasteiger partial charge in [-0.1, -0.05) is 6.07 Å². The second-order valence-corrected chi connectivity index (χ2v) is 6.43. The lowest BCUT2D eigenvalue weighted by atomic mass is 9.80. The van der Waals surface area contributed by atoms with Gasteiger partial charge in [0.1, 0.15) is 10.7 Å². The highest BCUT2D eigenvalue weighted by Gasteiger charge is 2.38. The van der Waals surface area contributed by atoms with Crippen molar-refractivity contribution in [3.8, 4) is 0 Å². The van der Waals surface area contributed by atoms with E-state index >= 15 is 0 Å². The largest absolute Gasteiger partial charge is 0.398 e. The number of halogens is 1. The third-order valence-corrected chi connectivity index (χ3v) is 5.04. The van der Waals surface area contributed by atoms with E-state index in [0.717, 1.165) is 25.3 Å². The van der Waals surface area contributed by atoms with E-state index in [4.69, 9.17) is 10.5 Å². The van der Waals surface area contributed by atoms with Crippen LogP contribution < -0.4 is 10.5 Å². The van der Waals surface area contributed by atoms with Crippen molar-refractivity contribution < 1.29 is 17.5 Å². The lowest BCUT2D eigenvalue weighted by Gasteiger charge is -2.40. The van der Waals surface area contributed by atoms with E-state index in [1.165, 1.54) is 12.1 Å². The molecule has 0 unspecified atom stereocenters. The molecule has 7 heteroatoms. The summed E-state index contributed by atoms with van der Waals surface area (Å²) in [6.45, 7) is 0.125. The predicted molar refractivity (Wildman–Crippen MR) is 69.6 cm³/mol. The van der Waals surface area contributed by atoms with E-state index in [1.807, 2.05) is 0 Å². The Morgan fingerprint density at radius 3 is 2.63 bits per heavy atom. The van der Waals surface area contributed by atoms with Crippen molar-refractivity contribution >= 4 is 15.7 Å². The minimum absolute atomic E-state index is 0.104. The minimum atomic E-state index is -3.97. The first-order valence-electron chi connectivity index (χ1n) is 5.99. The smallest absolute Gasteiger partial charge is 0.245 e. The van der Waals surface area contributed by atoms with Crippen LogP contribution in [0.2, 0.25) is 0 Å². The van der Waals surface area contributed by atoms with Gasteiger partial charge in [0.2, 0.25) is 10.0 Å². The van der Waals surface area contributed by atoms with Gasteiger partial charge < -0.3 is 10.5 Å². The number of methoxy groups -OCH3 is 1. The van der Waals surface area contributed by atoms with Crippen LogP contribution in [-0.4, -0.2) is 27.7 Å². The van der Waals surface area contributed by atoms with Crippen molar-refractivity contribution in [2.75, 3.05) is 19.4 Å². The van der Waals surface area contributed by atoms with Gasteiger partial charge in [0.25, 0.3) is 0 Å². The van der Waals surface area contributed by atoms with Crippen molar-refractivity contribution in [1.29, 1.82) is 0 Å². The monoisotopic (exact) mass is 288 g/mol. The maximum Gasteiger partial charge on any atom is 0.245 e. The molecule has 2 rings (SSSR count). The maximum atomic E-state index is 13.6. The number of nitrogens with one attached hydrogen (secondary N) is 1. The molecule has 1 aromatic carbocycles. The highest BCUT2D eigenvalue weighted by atomic mass is 32.2. The van der Waals surface area contributed by atoms with Crippen molar-refractivity contribution in [1.82, 2.24) is 4.72 Å². The first-order valence-corrected chi connectivity index (χ1v) is 7.47.